The number of ether oxygens (including phenoxy) is 1. The van der Waals surface area contributed by atoms with E-state index in [-0.39, 0.29) is 13.2 Å². The Morgan fingerprint density at radius 3 is 2.27 bits per heavy atom. The first-order valence-corrected chi connectivity index (χ1v) is 8.04. The first-order chi connectivity index (χ1) is 12.0. The minimum absolute atomic E-state index is 0.269. The van der Waals surface area contributed by atoms with Gasteiger partial charge in [0.15, 0.2) is 0 Å². The molecule has 0 aromatic heterocycles. The molecule has 0 spiro atoms. The fourth-order valence-electron chi connectivity index (χ4n) is 2.39. The van der Waals surface area contributed by atoms with Gasteiger partial charge in [-0.25, -0.2) is 4.79 Å². The number of hydrogen-bond acceptors (Lipinski definition) is 3. The number of hydrogen-bond donors (Lipinski definition) is 3. The van der Waals surface area contributed by atoms with Crippen LogP contribution in [0, 0.1) is 20.8 Å². The van der Waals surface area contributed by atoms with Crippen LogP contribution in [0.4, 0.5) is 23.7 Å². The average molecular weight is 375 g/mol. The lowest BCUT2D eigenvalue weighted by molar-refractivity contribution is -0.174. The van der Waals surface area contributed by atoms with Gasteiger partial charge in [-0.3, -0.25) is 4.79 Å². The number of alkyl halides is 3. The molecule has 1 atom stereocenters. The lowest BCUT2D eigenvalue weighted by Gasteiger charge is -2.16. The Kier molecular flexibility index (Phi) is 7.88. The van der Waals surface area contributed by atoms with Gasteiger partial charge >= 0.3 is 12.2 Å². The molecular weight excluding hydrogens is 351 g/mol. The second-order valence-corrected chi connectivity index (χ2v) is 6.18. The first-order valence-electron chi connectivity index (χ1n) is 8.04. The van der Waals surface area contributed by atoms with Crippen LogP contribution in [0.1, 0.15) is 23.6 Å². The molecule has 146 valence electrons. The number of carbonyl (C=O) groups excluding carboxylic acids is 2. The smallest absolute Gasteiger partial charge is 0.370 e. The summed E-state index contributed by atoms with van der Waals surface area (Å²) in [5.74, 6) is -0.406. The van der Waals surface area contributed by atoms with Gasteiger partial charge in [0.05, 0.1) is 19.2 Å². The van der Waals surface area contributed by atoms with Crippen molar-refractivity contribution in [2.75, 3.05) is 25.1 Å². The molecule has 0 fully saturated rings. The second kappa shape index (κ2) is 9.42. The normalized spacial score (nSPS) is 12.4. The minimum Gasteiger partial charge on any atom is -0.370 e. The molecule has 1 aromatic rings. The zero-order chi connectivity index (χ0) is 19.9. The summed E-state index contributed by atoms with van der Waals surface area (Å²) in [5, 5.41) is 7.48. The van der Waals surface area contributed by atoms with Crippen LogP contribution in [-0.2, 0) is 9.53 Å². The Morgan fingerprint density at radius 2 is 1.73 bits per heavy atom. The third-order valence-corrected chi connectivity index (χ3v) is 3.36. The SMILES string of the molecule is Cc1cc(C)c(NC(=O)CNC(=O)NC(C)COCC(F)(F)F)c(C)c1. The van der Waals surface area contributed by atoms with Gasteiger partial charge in [0.1, 0.15) is 6.61 Å². The zero-order valence-electron chi connectivity index (χ0n) is 15.2. The number of urea groups is 1. The molecule has 0 aliphatic heterocycles. The number of nitrogens with one attached hydrogen (secondary N) is 3. The quantitative estimate of drug-likeness (QED) is 0.686. The third kappa shape index (κ3) is 8.19. The van der Waals surface area contributed by atoms with Gasteiger partial charge in [-0.1, -0.05) is 17.7 Å². The Morgan fingerprint density at radius 1 is 1.15 bits per heavy atom. The third-order valence-electron chi connectivity index (χ3n) is 3.36. The van der Waals surface area contributed by atoms with E-state index in [0.29, 0.717) is 5.69 Å². The van der Waals surface area contributed by atoms with Gasteiger partial charge in [-0.2, -0.15) is 13.2 Å². The van der Waals surface area contributed by atoms with Gasteiger partial charge < -0.3 is 20.7 Å². The highest BCUT2D eigenvalue weighted by molar-refractivity contribution is 5.95. The molecule has 26 heavy (non-hydrogen) atoms. The molecule has 1 unspecified atom stereocenters. The molecule has 0 saturated carbocycles. The molecule has 1 rings (SSSR count). The van der Waals surface area contributed by atoms with Gasteiger partial charge in [-0.05, 0) is 38.8 Å². The van der Waals surface area contributed by atoms with Crippen molar-refractivity contribution in [3.8, 4) is 0 Å². The van der Waals surface area contributed by atoms with E-state index >= 15 is 0 Å². The summed E-state index contributed by atoms with van der Waals surface area (Å²) in [7, 11) is 0. The highest BCUT2D eigenvalue weighted by Gasteiger charge is 2.27. The van der Waals surface area contributed by atoms with E-state index in [4.69, 9.17) is 0 Å². The fourth-order valence-corrected chi connectivity index (χ4v) is 2.39. The highest BCUT2D eigenvalue weighted by atomic mass is 19.4. The van der Waals surface area contributed by atoms with E-state index in [1.807, 2.05) is 32.9 Å². The lowest BCUT2D eigenvalue weighted by atomic mass is 10.1. The Balaban J connectivity index is 2.37. The topological polar surface area (TPSA) is 79.5 Å². The predicted octanol–water partition coefficient (Wildman–Crippen LogP) is 2.82. The molecule has 0 aliphatic carbocycles. The van der Waals surface area contributed by atoms with Gasteiger partial charge in [0.2, 0.25) is 5.91 Å². The lowest BCUT2D eigenvalue weighted by Crippen LogP contribution is -2.45. The van der Waals surface area contributed by atoms with Crippen LogP contribution in [-0.4, -0.2) is 43.9 Å². The number of carbonyl (C=O) groups is 2. The molecule has 0 heterocycles. The number of amides is 3. The molecular formula is C17H24F3N3O3. The van der Waals surface area contributed by atoms with Crippen molar-refractivity contribution in [3.63, 3.8) is 0 Å². The van der Waals surface area contributed by atoms with E-state index < -0.39 is 30.8 Å². The van der Waals surface area contributed by atoms with Crippen LogP contribution < -0.4 is 16.0 Å². The van der Waals surface area contributed by atoms with Crippen LogP contribution in [0.2, 0.25) is 0 Å². The Labute approximate surface area is 150 Å². The number of aryl methyl sites for hydroxylation is 3. The van der Waals surface area contributed by atoms with Crippen molar-refractivity contribution in [1.29, 1.82) is 0 Å². The van der Waals surface area contributed by atoms with Crippen molar-refractivity contribution in [2.45, 2.75) is 39.9 Å². The summed E-state index contributed by atoms with van der Waals surface area (Å²) in [4.78, 5) is 23.6. The summed E-state index contributed by atoms with van der Waals surface area (Å²) in [6.45, 7) is 5.26. The van der Waals surface area contributed by atoms with Gasteiger partial charge in [0.25, 0.3) is 0 Å². The largest absolute Gasteiger partial charge is 0.411 e. The standard InChI is InChI=1S/C17H24F3N3O3/c1-10-5-11(2)15(12(3)6-10)23-14(24)7-21-16(25)22-13(4)8-26-9-17(18,19)20/h5-6,13H,7-9H2,1-4H3,(H,23,24)(H2,21,22,25). The summed E-state index contributed by atoms with van der Waals surface area (Å²) < 4.78 is 40.4. The maximum Gasteiger partial charge on any atom is 0.411 e. The van der Waals surface area contributed by atoms with Crippen molar-refractivity contribution >= 4 is 17.6 Å². The van der Waals surface area contributed by atoms with Crippen molar-refractivity contribution in [2.24, 2.45) is 0 Å². The molecule has 9 heteroatoms. The van der Waals surface area contributed by atoms with Crippen LogP contribution in [0.3, 0.4) is 0 Å². The molecule has 0 aliphatic rings. The Bertz CT molecular complexity index is 625. The molecule has 3 amide bonds. The summed E-state index contributed by atoms with van der Waals surface area (Å²) >= 11 is 0. The highest BCUT2D eigenvalue weighted by Crippen LogP contribution is 2.21. The van der Waals surface area contributed by atoms with E-state index in [9.17, 15) is 22.8 Å². The molecule has 6 nitrogen and oxygen atoms in total. The number of anilines is 1. The van der Waals surface area contributed by atoms with E-state index in [2.05, 4.69) is 20.7 Å². The average Bonchev–Trinajstić information content (AvgIpc) is 2.47. The second-order valence-electron chi connectivity index (χ2n) is 6.18. The van der Waals surface area contributed by atoms with Crippen molar-refractivity contribution in [1.82, 2.24) is 10.6 Å². The van der Waals surface area contributed by atoms with Crippen LogP contribution in [0.15, 0.2) is 12.1 Å². The van der Waals surface area contributed by atoms with E-state index in [0.717, 1.165) is 16.7 Å². The van der Waals surface area contributed by atoms with E-state index in [1.165, 1.54) is 6.92 Å². The van der Waals surface area contributed by atoms with Gasteiger partial charge in [-0.15, -0.1) is 0 Å². The number of benzene rings is 1. The molecule has 3 N–H and O–H groups in total. The zero-order valence-corrected chi connectivity index (χ0v) is 15.2. The number of rotatable bonds is 7. The minimum atomic E-state index is -4.41. The Hall–Kier alpha value is -2.29. The summed E-state index contributed by atoms with van der Waals surface area (Å²) in [5.41, 5.74) is 3.60. The number of halogens is 3. The summed E-state index contributed by atoms with van der Waals surface area (Å²) in [6.07, 6.45) is -4.41. The van der Waals surface area contributed by atoms with Crippen LogP contribution >= 0.6 is 0 Å². The maximum atomic E-state index is 12.0. The monoisotopic (exact) mass is 375 g/mol. The fraction of sp³-hybridized carbons (Fsp3) is 0.529. The first kappa shape index (κ1) is 21.8. The van der Waals surface area contributed by atoms with E-state index in [1.54, 1.807) is 0 Å². The maximum absolute atomic E-state index is 12.0. The predicted molar refractivity (Wildman–Crippen MR) is 92.2 cm³/mol. The molecule has 0 saturated heterocycles. The molecule has 0 radical (unpaired) electrons. The van der Waals surface area contributed by atoms with Crippen molar-refractivity contribution in [3.05, 3.63) is 28.8 Å². The van der Waals surface area contributed by atoms with Crippen LogP contribution in [0.25, 0.3) is 0 Å². The molecule has 0 bridgehead atoms. The molecule has 1 aromatic carbocycles. The van der Waals surface area contributed by atoms with Gasteiger partial charge in [0, 0.05) is 5.69 Å². The van der Waals surface area contributed by atoms with Crippen molar-refractivity contribution < 1.29 is 27.5 Å². The van der Waals surface area contributed by atoms with Crippen LogP contribution in [0.5, 0.6) is 0 Å². The summed E-state index contributed by atoms with van der Waals surface area (Å²) in [6, 6.07) is 2.57.